The fraction of sp³-hybridized carbons (Fsp3) is 0.176. The van der Waals surface area contributed by atoms with E-state index in [1.807, 2.05) is 0 Å². The summed E-state index contributed by atoms with van der Waals surface area (Å²) in [5, 5.41) is 11.9. The van der Waals surface area contributed by atoms with E-state index in [0.29, 0.717) is 12.1 Å². The number of pyridine rings is 1. The van der Waals surface area contributed by atoms with Crippen LogP contribution in [0.5, 0.6) is 5.75 Å². The number of aromatic nitrogens is 2. The number of nitrogens with zero attached hydrogens (tertiary/aromatic N) is 2. The van der Waals surface area contributed by atoms with Crippen molar-refractivity contribution in [2.24, 2.45) is 0 Å². The number of benzene rings is 1. The molecule has 0 aliphatic carbocycles. The first-order chi connectivity index (χ1) is 12.9. The van der Waals surface area contributed by atoms with Gasteiger partial charge in [0.1, 0.15) is 0 Å². The van der Waals surface area contributed by atoms with E-state index in [1.165, 1.54) is 22.7 Å². The van der Waals surface area contributed by atoms with Gasteiger partial charge in [0.2, 0.25) is 0 Å². The number of amides is 1. The summed E-state index contributed by atoms with van der Waals surface area (Å²) in [5.41, 5.74) is -3.51. The molecule has 0 bridgehead atoms. The quantitative estimate of drug-likeness (QED) is 0.650. The summed E-state index contributed by atoms with van der Waals surface area (Å²) in [7, 11) is 0. The number of rotatable bonds is 3. The van der Waals surface area contributed by atoms with Crippen molar-refractivity contribution >= 4 is 11.6 Å². The topological polar surface area (TPSA) is 66.6 Å². The molecule has 0 aliphatic heterocycles. The van der Waals surface area contributed by atoms with E-state index >= 15 is 0 Å². The number of nitrogens with one attached hydrogen (secondary N) is 1. The average Bonchev–Trinajstić information content (AvgIpc) is 3.02. The largest absolute Gasteiger partial charge is 0.504 e. The molecule has 0 unspecified atom stereocenters. The van der Waals surface area contributed by atoms with E-state index in [2.05, 4.69) is 10.3 Å². The highest BCUT2D eigenvalue weighted by Gasteiger charge is 2.37. The SMILES string of the molecule is O=C(NCc1cn2cccc(O)c2n1)c1cc(C(F)(F)F)cc(C(F)(F)F)c1. The van der Waals surface area contributed by atoms with Crippen LogP contribution in [0.3, 0.4) is 0 Å². The maximum absolute atomic E-state index is 12.9. The lowest BCUT2D eigenvalue weighted by atomic mass is 10.0. The van der Waals surface area contributed by atoms with E-state index in [0.717, 1.165) is 0 Å². The highest BCUT2D eigenvalue weighted by molar-refractivity contribution is 5.94. The molecule has 0 radical (unpaired) electrons. The van der Waals surface area contributed by atoms with Crippen LogP contribution >= 0.6 is 0 Å². The summed E-state index contributed by atoms with van der Waals surface area (Å²) in [6.45, 7) is -0.266. The minimum Gasteiger partial charge on any atom is -0.504 e. The number of imidazole rings is 1. The van der Waals surface area contributed by atoms with E-state index in [9.17, 15) is 36.2 Å². The van der Waals surface area contributed by atoms with Crippen LogP contribution in [0.15, 0.2) is 42.7 Å². The lowest BCUT2D eigenvalue weighted by Gasteiger charge is -2.14. The zero-order valence-electron chi connectivity index (χ0n) is 13.8. The Balaban J connectivity index is 1.85. The number of halogens is 6. The van der Waals surface area contributed by atoms with Gasteiger partial charge in [0, 0.05) is 18.0 Å². The summed E-state index contributed by atoms with van der Waals surface area (Å²) in [5.74, 6) is -1.26. The Morgan fingerprint density at radius 2 is 1.68 bits per heavy atom. The molecule has 0 fully saturated rings. The monoisotopic (exact) mass is 403 g/mol. The molecule has 2 heterocycles. The molecular formula is C17H11F6N3O2. The van der Waals surface area contributed by atoms with E-state index in [1.54, 1.807) is 6.20 Å². The molecule has 3 aromatic rings. The van der Waals surface area contributed by atoms with Gasteiger partial charge in [-0.15, -0.1) is 0 Å². The van der Waals surface area contributed by atoms with Gasteiger partial charge in [0.05, 0.1) is 23.4 Å². The van der Waals surface area contributed by atoms with Crippen molar-refractivity contribution in [2.75, 3.05) is 0 Å². The molecule has 5 nitrogen and oxygen atoms in total. The predicted molar refractivity (Wildman–Crippen MR) is 84.5 cm³/mol. The van der Waals surface area contributed by atoms with Crippen LogP contribution in [0.1, 0.15) is 27.2 Å². The van der Waals surface area contributed by atoms with Crippen LogP contribution in [0.4, 0.5) is 26.3 Å². The number of fused-ring (bicyclic) bond motifs is 1. The summed E-state index contributed by atoms with van der Waals surface area (Å²) < 4.78 is 78.7. The number of alkyl halides is 6. The molecular weight excluding hydrogens is 392 g/mol. The van der Waals surface area contributed by atoms with Gasteiger partial charge in [-0.25, -0.2) is 4.98 Å². The molecule has 0 saturated heterocycles. The van der Waals surface area contributed by atoms with Gasteiger partial charge in [-0.3, -0.25) is 4.79 Å². The Hall–Kier alpha value is -3.24. The Morgan fingerprint density at radius 3 is 2.21 bits per heavy atom. The van der Waals surface area contributed by atoms with Crippen LogP contribution in [-0.4, -0.2) is 20.4 Å². The van der Waals surface area contributed by atoms with Crippen molar-refractivity contribution in [3.8, 4) is 5.75 Å². The molecule has 148 valence electrons. The van der Waals surface area contributed by atoms with Gasteiger partial charge in [-0.1, -0.05) is 0 Å². The minimum atomic E-state index is -5.05. The third-order valence-corrected chi connectivity index (χ3v) is 3.79. The first-order valence-corrected chi connectivity index (χ1v) is 7.68. The van der Waals surface area contributed by atoms with Crippen molar-refractivity contribution in [3.05, 3.63) is 65.1 Å². The first kappa shape index (κ1) is 19.5. The molecule has 11 heteroatoms. The standard InChI is InChI=1S/C17H11F6N3O2/c18-16(19,20)10-4-9(5-11(6-10)17(21,22)23)15(28)24-7-12-8-26-3-1-2-13(27)14(26)25-12/h1-6,8,27H,7H2,(H,24,28). The molecule has 0 spiro atoms. The Morgan fingerprint density at radius 1 is 1.07 bits per heavy atom. The van der Waals surface area contributed by atoms with Crippen molar-refractivity contribution in [3.63, 3.8) is 0 Å². The lowest BCUT2D eigenvalue weighted by molar-refractivity contribution is -0.143. The molecule has 2 N–H and O–H groups in total. The average molecular weight is 403 g/mol. The van der Waals surface area contributed by atoms with E-state index in [4.69, 9.17) is 0 Å². The predicted octanol–water partition coefficient (Wildman–Crippen LogP) is 4.01. The molecule has 0 atom stereocenters. The zero-order chi connectivity index (χ0) is 20.7. The highest BCUT2D eigenvalue weighted by atomic mass is 19.4. The van der Waals surface area contributed by atoms with Crippen molar-refractivity contribution in [2.45, 2.75) is 18.9 Å². The minimum absolute atomic E-state index is 0.0539. The smallest absolute Gasteiger partial charge is 0.416 e. The van der Waals surface area contributed by atoms with E-state index < -0.39 is 35.0 Å². The molecule has 1 amide bonds. The van der Waals surface area contributed by atoms with Gasteiger partial charge < -0.3 is 14.8 Å². The number of hydrogen-bond acceptors (Lipinski definition) is 3. The van der Waals surface area contributed by atoms with Crippen molar-refractivity contribution in [1.82, 2.24) is 14.7 Å². The molecule has 0 aliphatic rings. The zero-order valence-corrected chi connectivity index (χ0v) is 13.8. The fourth-order valence-corrected chi connectivity index (χ4v) is 2.49. The number of carbonyl (C=O) groups excluding carboxylic acids is 1. The Labute approximate surface area is 153 Å². The number of carbonyl (C=O) groups is 1. The van der Waals surface area contributed by atoms with E-state index in [-0.39, 0.29) is 29.7 Å². The molecule has 0 saturated carbocycles. The van der Waals surface area contributed by atoms with Crippen LogP contribution in [0.25, 0.3) is 5.65 Å². The third-order valence-electron chi connectivity index (χ3n) is 3.79. The van der Waals surface area contributed by atoms with Crippen molar-refractivity contribution < 1.29 is 36.2 Å². The maximum Gasteiger partial charge on any atom is 0.416 e. The Kier molecular flexibility index (Phi) is 4.69. The molecule has 3 rings (SSSR count). The second-order valence-corrected chi connectivity index (χ2v) is 5.83. The Bertz CT molecular complexity index is 1010. The molecule has 28 heavy (non-hydrogen) atoms. The van der Waals surface area contributed by atoms with Crippen LogP contribution in [-0.2, 0) is 18.9 Å². The highest BCUT2D eigenvalue weighted by Crippen LogP contribution is 2.36. The summed E-state index contributed by atoms with van der Waals surface area (Å²) in [6, 6.07) is 3.56. The normalized spacial score (nSPS) is 12.4. The number of aromatic hydroxyl groups is 1. The molecule has 2 aromatic heterocycles. The van der Waals surface area contributed by atoms with Gasteiger partial charge in [-0.2, -0.15) is 26.3 Å². The van der Waals surface area contributed by atoms with Crippen LogP contribution < -0.4 is 5.32 Å². The van der Waals surface area contributed by atoms with Gasteiger partial charge in [0.15, 0.2) is 11.4 Å². The first-order valence-electron chi connectivity index (χ1n) is 7.68. The maximum atomic E-state index is 12.9. The summed E-state index contributed by atoms with van der Waals surface area (Å²) in [4.78, 5) is 16.2. The summed E-state index contributed by atoms with van der Waals surface area (Å²) in [6.07, 6.45) is -7.08. The molecule has 1 aromatic carbocycles. The second kappa shape index (κ2) is 6.73. The van der Waals surface area contributed by atoms with Crippen LogP contribution in [0, 0.1) is 0 Å². The third kappa shape index (κ3) is 4.02. The number of hydrogen-bond donors (Lipinski definition) is 2. The van der Waals surface area contributed by atoms with Gasteiger partial charge in [-0.05, 0) is 30.3 Å². The fourth-order valence-electron chi connectivity index (χ4n) is 2.49. The summed E-state index contributed by atoms with van der Waals surface area (Å²) >= 11 is 0. The van der Waals surface area contributed by atoms with Crippen LogP contribution in [0.2, 0.25) is 0 Å². The van der Waals surface area contributed by atoms with Gasteiger partial charge >= 0.3 is 12.4 Å². The second-order valence-electron chi connectivity index (χ2n) is 5.83. The van der Waals surface area contributed by atoms with Crippen molar-refractivity contribution in [1.29, 1.82) is 0 Å². The lowest BCUT2D eigenvalue weighted by Crippen LogP contribution is -2.24. The van der Waals surface area contributed by atoms with Gasteiger partial charge in [0.25, 0.3) is 5.91 Å².